The largest absolute Gasteiger partial charge is 0.329 e. The Balaban J connectivity index is 1.79. The Hall–Kier alpha value is -4.17. The smallest absolute Gasteiger partial charge is 0.229 e. The van der Waals surface area contributed by atoms with Gasteiger partial charge in [-0.2, -0.15) is 10.2 Å². The van der Waals surface area contributed by atoms with E-state index in [1.54, 1.807) is 6.07 Å². The van der Waals surface area contributed by atoms with Crippen LogP contribution in [0, 0.1) is 11.3 Å². The van der Waals surface area contributed by atoms with Gasteiger partial charge in [-0.3, -0.25) is 0 Å². The van der Waals surface area contributed by atoms with Crippen LogP contribution in [0.2, 0.25) is 0 Å². The van der Waals surface area contributed by atoms with E-state index >= 15 is 0 Å². The number of nitrogens with one attached hydrogen (secondary N) is 1. The lowest BCUT2D eigenvalue weighted by Crippen LogP contribution is -2.13. The van der Waals surface area contributed by atoms with Gasteiger partial charge in [-0.1, -0.05) is 60.7 Å². The zero-order valence-electron chi connectivity index (χ0n) is 15.9. The molecule has 0 saturated carbocycles. The van der Waals surface area contributed by atoms with Crippen LogP contribution in [0.1, 0.15) is 5.56 Å². The van der Waals surface area contributed by atoms with Crippen molar-refractivity contribution in [2.75, 3.05) is 17.3 Å². The quantitative estimate of drug-likeness (QED) is 0.496. The van der Waals surface area contributed by atoms with Crippen molar-refractivity contribution in [3.05, 3.63) is 96.6 Å². The molecule has 0 radical (unpaired) electrons. The second kappa shape index (κ2) is 8.24. The van der Waals surface area contributed by atoms with E-state index in [0.29, 0.717) is 17.2 Å². The lowest BCUT2D eigenvalue weighted by molar-refractivity contribution is 1.09. The molecule has 29 heavy (non-hydrogen) atoms. The highest BCUT2D eigenvalue weighted by Crippen LogP contribution is 2.28. The van der Waals surface area contributed by atoms with Crippen LogP contribution < -0.4 is 10.2 Å². The van der Waals surface area contributed by atoms with Gasteiger partial charge >= 0.3 is 0 Å². The molecule has 0 saturated heterocycles. The maximum Gasteiger partial charge on any atom is 0.229 e. The van der Waals surface area contributed by atoms with E-state index in [-0.39, 0.29) is 0 Å². The minimum absolute atomic E-state index is 0.437. The third-order valence-corrected chi connectivity index (χ3v) is 4.56. The first-order valence-electron chi connectivity index (χ1n) is 9.24. The molecule has 0 atom stereocenters. The summed E-state index contributed by atoms with van der Waals surface area (Å²) in [5.41, 5.74) is 4.03. The fourth-order valence-electron chi connectivity index (χ4n) is 3.01. The van der Waals surface area contributed by atoms with Gasteiger partial charge in [0.25, 0.3) is 0 Å². The minimum Gasteiger partial charge on any atom is -0.329 e. The highest BCUT2D eigenvalue weighted by Gasteiger charge is 2.12. The molecule has 0 fully saturated rings. The van der Waals surface area contributed by atoms with Crippen molar-refractivity contribution in [1.82, 2.24) is 9.97 Å². The number of hydrogen-bond acceptors (Lipinski definition) is 5. The molecular weight excluding hydrogens is 358 g/mol. The molecule has 140 valence electrons. The first-order chi connectivity index (χ1) is 14.2. The Morgan fingerprint density at radius 3 is 2.21 bits per heavy atom. The normalized spacial score (nSPS) is 10.2. The summed E-state index contributed by atoms with van der Waals surface area (Å²) < 4.78 is 0. The van der Waals surface area contributed by atoms with Crippen LogP contribution in [0.5, 0.6) is 0 Å². The van der Waals surface area contributed by atoms with E-state index in [1.165, 1.54) is 0 Å². The molecule has 0 bridgehead atoms. The third-order valence-electron chi connectivity index (χ3n) is 4.56. The third kappa shape index (κ3) is 4.07. The number of anilines is 4. The standard InChI is InChI=1S/C24H19N5/c1-29(20-13-6-3-7-14-20)23-16-22(18-10-4-2-5-11-18)27-24(28-23)26-21-15-9-8-12-19(21)17-25/h2-16H,1H3,(H,26,27,28). The summed E-state index contributed by atoms with van der Waals surface area (Å²) in [7, 11) is 1.97. The second-order valence-corrected chi connectivity index (χ2v) is 6.48. The van der Waals surface area contributed by atoms with Crippen molar-refractivity contribution in [2.24, 2.45) is 0 Å². The van der Waals surface area contributed by atoms with Crippen LogP contribution in [0.3, 0.4) is 0 Å². The van der Waals surface area contributed by atoms with E-state index in [0.717, 1.165) is 22.8 Å². The van der Waals surface area contributed by atoms with Crippen LogP contribution in [-0.4, -0.2) is 17.0 Å². The average Bonchev–Trinajstić information content (AvgIpc) is 2.80. The summed E-state index contributed by atoms with van der Waals surface area (Å²) in [5, 5.41) is 12.6. The van der Waals surface area contributed by atoms with Crippen molar-refractivity contribution >= 4 is 23.1 Å². The number of nitriles is 1. The van der Waals surface area contributed by atoms with Gasteiger partial charge in [0.2, 0.25) is 5.95 Å². The lowest BCUT2D eigenvalue weighted by atomic mass is 10.1. The summed E-state index contributed by atoms with van der Waals surface area (Å²) >= 11 is 0. The maximum atomic E-state index is 9.38. The van der Waals surface area contributed by atoms with Gasteiger partial charge in [0, 0.05) is 24.4 Å². The SMILES string of the molecule is CN(c1ccccc1)c1cc(-c2ccccc2)nc(Nc2ccccc2C#N)n1. The molecule has 5 nitrogen and oxygen atoms in total. The van der Waals surface area contributed by atoms with Crippen molar-refractivity contribution in [3.63, 3.8) is 0 Å². The lowest BCUT2D eigenvalue weighted by Gasteiger charge is -2.20. The maximum absolute atomic E-state index is 9.38. The highest BCUT2D eigenvalue weighted by atomic mass is 15.2. The topological polar surface area (TPSA) is 64.8 Å². The molecule has 1 heterocycles. The van der Waals surface area contributed by atoms with Gasteiger partial charge in [-0.15, -0.1) is 0 Å². The summed E-state index contributed by atoms with van der Waals surface area (Å²) in [6.45, 7) is 0. The monoisotopic (exact) mass is 377 g/mol. The van der Waals surface area contributed by atoms with E-state index in [4.69, 9.17) is 9.97 Å². The average molecular weight is 377 g/mol. The molecule has 4 rings (SSSR count). The fraction of sp³-hybridized carbons (Fsp3) is 0.0417. The zero-order valence-corrected chi connectivity index (χ0v) is 15.9. The van der Waals surface area contributed by atoms with Crippen LogP contribution >= 0.6 is 0 Å². The Kier molecular flexibility index (Phi) is 5.17. The van der Waals surface area contributed by atoms with Gasteiger partial charge in [0.1, 0.15) is 11.9 Å². The Labute approximate surface area is 169 Å². The first kappa shape index (κ1) is 18.2. The first-order valence-corrected chi connectivity index (χ1v) is 9.24. The van der Waals surface area contributed by atoms with Gasteiger partial charge < -0.3 is 10.2 Å². The number of hydrogen-bond donors (Lipinski definition) is 1. The van der Waals surface area contributed by atoms with Gasteiger partial charge in [0.15, 0.2) is 0 Å². The van der Waals surface area contributed by atoms with Crippen molar-refractivity contribution < 1.29 is 0 Å². The van der Waals surface area contributed by atoms with Crippen molar-refractivity contribution in [2.45, 2.75) is 0 Å². The summed E-state index contributed by atoms with van der Waals surface area (Å²) in [6, 6.07) is 31.5. The molecule has 0 amide bonds. The molecule has 1 aromatic heterocycles. The number of aromatic nitrogens is 2. The number of nitrogens with zero attached hydrogens (tertiary/aromatic N) is 4. The molecule has 0 spiro atoms. The molecule has 3 aromatic carbocycles. The summed E-state index contributed by atoms with van der Waals surface area (Å²) in [4.78, 5) is 11.4. The van der Waals surface area contributed by atoms with E-state index < -0.39 is 0 Å². The molecule has 0 aliphatic carbocycles. The predicted molar refractivity (Wildman–Crippen MR) is 116 cm³/mol. The van der Waals surface area contributed by atoms with Crippen molar-refractivity contribution in [1.29, 1.82) is 5.26 Å². The molecule has 0 aliphatic rings. The van der Waals surface area contributed by atoms with Crippen LogP contribution in [0.4, 0.5) is 23.1 Å². The zero-order chi connectivity index (χ0) is 20.1. The minimum atomic E-state index is 0.437. The number of rotatable bonds is 5. The van der Waals surface area contributed by atoms with Crippen LogP contribution in [0.25, 0.3) is 11.3 Å². The molecular formula is C24H19N5. The summed E-state index contributed by atoms with van der Waals surface area (Å²) in [6.07, 6.45) is 0. The van der Waals surface area contributed by atoms with E-state index in [9.17, 15) is 5.26 Å². The molecule has 5 heteroatoms. The van der Waals surface area contributed by atoms with Gasteiger partial charge in [-0.05, 0) is 24.3 Å². The fourth-order valence-corrected chi connectivity index (χ4v) is 3.01. The Morgan fingerprint density at radius 2 is 1.48 bits per heavy atom. The molecule has 1 N–H and O–H groups in total. The van der Waals surface area contributed by atoms with Crippen molar-refractivity contribution in [3.8, 4) is 17.3 Å². The van der Waals surface area contributed by atoms with Crippen LogP contribution in [-0.2, 0) is 0 Å². The summed E-state index contributed by atoms with van der Waals surface area (Å²) in [5.74, 6) is 1.19. The molecule has 0 unspecified atom stereocenters. The predicted octanol–water partition coefficient (Wildman–Crippen LogP) is 5.53. The number of benzene rings is 3. The van der Waals surface area contributed by atoms with E-state index in [2.05, 4.69) is 11.4 Å². The molecule has 0 aliphatic heterocycles. The second-order valence-electron chi connectivity index (χ2n) is 6.48. The van der Waals surface area contributed by atoms with Gasteiger partial charge in [0.05, 0.1) is 16.9 Å². The van der Waals surface area contributed by atoms with Gasteiger partial charge in [-0.25, -0.2) is 4.98 Å². The number of para-hydroxylation sites is 2. The Morgan fingerprint density at radius 1 is 0.828 bits per heavy atom. The van der Waals surface area contributed by atoms with Crippen LogP contribution in [0.15, 0.2) is 91.0 Å². The van der Waals surface area contributed by atoms with E-state index in [1.807, 2.05) is 96.9 Å². The highest BCUT2D eigenvalue weighted by molar-refractivity contribution is 5.71. The molecule has 4 aromatic rings. The Bertz CT molecular complexity index is 1150.